The maximum atomic E-state index is 4.38. The number of fused-ring (bicyclic) bond motifs is 1. The van der Waals surface area contributed by atoms with Crippen LogP contribution in [0.15, 0.2) is 42.7 Å². The number of nitrogens with zero attached hydrogens (tertiary/aromatic N) is 3. The van der Waals surface area contributed by atoms with Gasteiger partial charge in [-0.2, -0.15) is 5.10 Å². The van der Waals surface area contributed by atoms with Crippen molar-refractivity contribution in [3.05, 3.63) is 54.5 Å². The number of rotatable bonds is 1. The summed E-state index contributed by atoms with van der Waals surface area (Å²) < 4.78 is 1.91. The largest absolute Gasteiger partial charge is 0.261 e. The SMILES string of the molecule is Cc1cc(-n2ncc3c[c]ccc32)ccn1. The van der Waals surface area contributed by atoms with Crippen LogP contribution in [0.5, 0.6) is 0 Å². The molecule has 1 radical (unpaired) electrons. The van der Waals surface area contributed by atoms with Crippen LogP contribution in [-0.2, 0) is 0 Å². The Kier molecular flexibility index (Phi) is 1.96. The molecule has 3 aromatic rings. The second-order valence-corrected chi connectivity index (χ2v) is 3.70. The lowest BCUT2D eigenvalue weighted by atomic mass is 10.2. The first-order valence-corrected chi connectivity index (χ1v) is 5.11. The molecule has 16 heavy (non-hydrogen) atoms. The molecular formula is C13H10N3. The highest BCUT2D eigenvalue weighted by Gasteiger charge is 2.03. The third-order valence-corrected chi connectivity index (χ3v) is 2.54. The number of aryl methyl sites for hydroxylation is 1. The average Bonchev–Trinajstić information content (AvgIpc) is 2.72. The second-order valence-electron chi connectivity index (χ2n) is 3.70. The summed E-state index contributed by atoms with van der Waals surface area (Å²) in [6, 6.07) is 12.9. The number of aromatic nitrogens is 3. The van der Waals surface area contributed by atoms with E-state index in [4.69, 9.17) is 0 Å². The third kappa shape index (κ3) is 1.37. The number of hydrogen-bond acceptors (Lipinski definition) is 2. The molecule has 0 saturated carbocycles. The van der Waals surface area contributed by atoms with E-state index in [1.165, 1.54) is 0 Å². The molecule has 0 fully saturated rings. The van der Waals surface area contributed by atoms with E-state index in [-0.39, 0.29) is 0 Å². The first kappa shape index (κ1) is 9.09. The minimum atomic E-state index is 0.989. The molecule has 3 heteroatoms. The van der Waals surface area contributed by atoms with Gasteiger partial charge in [0.25, 0.3) is 0 Å². The normalized spacial score (nSPS) is 10.8. The number of pyridine rings is 1. The van der Waals surface area contributed by atoms with Crippen LogP contribution in [0, 0.1) is 13.0 Å². The minimum Gasteiger partial charge on any atom is -0.261 e. The lowest BCUT2D eigenvalue weighted by Crippen LogP contribution is -1.96. The van der Waals surface area contributed by atoms with Crippen LogP contribution in [0.4, 0.5) is 0 Å². The van der Waals surface area contributed by atoms with Crippen LogP contribution in [0.3, 0.4) is 0 Å². The van der Waals surface area contributed by atoms with Gasteiger partial charge in [0.2, 0.25) is 0 Å². The predicted octanol–water partition coefficient (Wildman–Crippen LogP) is 2.53. The van der Waals surface area contributed by atoms with Gasteiger partial charge in [-0.3, -0.25) is 4.98 Å². The predicted molar refractivity (Wildman–Crippen MR) is 62.4 cm³/mol. The smallest absolute Gasteiger partial charge is 0.0741 e. The van der Waals surface area contributed by atoms with Crippen molar-refractivity contribution < 1.29 is 0 Å². The molecule has 0 aliphatic carbocycles. The van der Waals surface area contributed by atoms with Crippen molar-refractivity contribution >= 4 is 10.9 Å². The Morgan fingerprint density at radius 2 is 2.25 bits per heavy atom. The second kappa shape index (κ2) is 3.45. The fourth-order valence-corrected chi connectivity index (χ4v) is 1.78. The van der Waals surface area contributed by atoms with Crippen molar-refractivity contribution in [2.45, 2.75) is 6.92 Å². The molecule has 1 aromatic carbocycles. The lowest BCUT2D eigenvalue weighted by Gasteiger charge is -2.03. The Morgan fingerprint density at radius 1 is 1.31 bits per heavy atom. The highest BCUT2D eigenvalue weighted by Crippen LogP contribution is 2.17. The van der Waals surface area contributed by atoms with E-state index >= 15 is 0 Å². The van der Waals surface area contributed by atoms with Gasteiger partial charge in [0.05, 0.1) is 17.4 Å². The molecule has 2 aromatic heterocycles. The Balaban J connectivity index is 2.26. The van der Waals surface area contributed by atoms with Crippen molar-refractivity contribution in [1.82, 2.24) is 14.8 Å². The molecule has 0 spiro atoms. The summed E-state index contributed by atoms with van der Waals surface area (Å²) in [4.78, 5) is 4.18. The molecule has 0 aliphatic rings. The Hall–Kier alpha value is -2.16. The molecule has 0 saturated heterocycles. The Bertz CT molecular complexity index is 640. The first-order chi connectivity index (χ1) is 7.84. The van der Waals surface area contributed by atoms with Crippen molar-refractivity contribution in [1.29, 1.82) is 0 Å². The van der Waals surface area contributed by atoms with E-state index in [2.05, 4.69) is 16.1 Å². The van der Waals surface area contributed by atoms with Crippen molar-refractivity contribution in [2.24, 2.45) is 0 Å². The third-order valence-electron chi connectivity index (χ3n) is 2.54. The zero-order valence-electron chi connectivity index (χ0n) is 8.88. The van der Waals surface area contributed by atoms with Gasteiger partial charge in [-0.15, -0.1) is 0 Å². The first-order valence-electron chi connectivity index (χ1n) is 5.11. The molecule has 0 N–H and O–H groups in total. The van der Waals surface area contributed by atoms with E-state index in [0.717, 1.165) is 22.3 Å². The van der Waals surface area contributed by atoms with Gasteiger partial charge in [-0.25, -0.2) is 4.68 Å². The molecule has 0 amide bonds. The molecule has 2 heterocycles. The van der Waals surface area contributed by atoms with Gasteiger partial charge in [0.15, 0.2) is 0 Å². The summed E-state index contributed by atoms with van der Waals surface area (Å²) in [6.45, 7) is 1.98. The zero-order chi connectivity index (χ0) is 11.0. The fourth-order valence-electron chi connectivity index (χ4n) is 1.78. The van der Waals surface area contributed by atoms with E-state index in [9.17, 15) is 0 Å². The van der Waals surface area contributed by atoms with Gasteiger partial charge in [-0.05, 0) is 37.3 Å². The topological polar surface area (TPSA) is 30.7 Å². The standard InChI is InChI=1S/C13H10N3/c1-10-8-12(6-7-14-10)16-13-5-3-2-4-11(13)9-15-16/h3-9H,1H3. The van der Waals surface area contributed by atoms with Crippen LogP contribution in [0.2, 0.25) is 0 Å². The van der Waals surface area contributed by atoms with Crippen molar-refractivity contribution in [2.75, 3.05) is 0 Å². The van der Waals surface area contributed by atoms with Gasteiger partial charge < -0.3 is 0 Å². The van der Waals surface area contributed by atoms with Crippen LogP contribution in [0.1, 0.15) is 5.69 Å². The molecule has 3 rings (SSSR count). The quantitative estimate of drug-likeness (QED) is 0.615. The van der Waals surface area contributed by atoms with Crippen LogP contribution in [0.25, 0.3) is 16.6 Å². The summed E-state index contributed by atoms with van der Waals surface area (Å²) in [5.74, 6) is 0. The fraction of sp³-hybridized carbons (Fsp3) is 0.0769. The van der Waals surface area contributed by atoms with Crippen molar-refractivity contribution in [3.63, 3.8) is 0 Å². The highest BCUT2D eigenvalue weighted by molar-refractivity contribution is 5.79. The zero-order valence-corrected chi connectivity index (χ0v) is 8.88. The van der Waals surface area contributed by atoms with Gasteiger partial charge >= 0.3 is 0 Å². The number of benzene rings is 1. The Labute approximate surface area is 93.4 Å². The van der Waals surface area contributed by atoms with E-state index in [1.54, 1.807) is 6.20 Å². The maximum absolute atomic E-state index is 4.38. The minimum absolute atomic E-state index is 0.989. The number of hydrogen-bond donors (Lipinski definition) is 0. The average molecular weight is 208 g/mol. The molecule has 0 unspecified atom stereocenters. The molecule has 0 atom stereocenters. The van der Waals surface area contributed by atoms with Crippen LogP contribution < -0.4 is 0 Å². The highest BCUT2D eigenvalue weighted by atomic mass is 15.3. The van der Waals surface area contributed by atoms with Gasteiger partial charge in [0, 0.05) is 17.3 Å². The molecule has 0 aliphatic heterocycles. The molecule has 77 valence electrons. The summed E-state index contributed by atoms with van der Waals surface area (Å²) in [6.07, 6.45) is 3.65. The van der Waals surface area contributed by atoms with E-state index < -0.39 is 0 Å². The summed E-state index contributed by atoms with van der Waals surface area (Å²) in [5.41, 5.74) is 3.11. The molecule has 3 nitrogen and oxygen atoms in total. The van der Waals surface area contributed by atoms with Gasteiger partial charge in [0.1, 0.15) is 0 Å². The monoisotopic (exact) mass is 208 g/mol. The maximum Gasteiger partial charge on any atom is 0.0741 e. The summed E-state index contributed by atoms with van der Waals surface area (Å²) in [7, 11) is 0. The summed E-state index contributed by atoms with van der Waals surface area (Å²) in [5, 5.41) is 5.47. The van der Waals surface area contributed by atoms with Crippen LogP contribution in [-0.4, -0.2) is 14.8 Å². The van der Waals surface area contributed by atoms with E-state index in [1.807, 2.05) is 48.1 Å². The summed E-state index contributed by atoms with van der Waals surface area (Å²) >= 11 is 0. The van der Waals surface area contributed by atoms with Crippen LogP contribution >= 0.6 is 0 Å². The van der Waals surface area contributed by atoms with E-state index in [0.29, 0.717) is 0 Å². The lowest BCUT2D eigenvalue weighted by molar-refractivity contribution is 0.904. The van der Waals surface area contributed by atoms with Gasteiger partial charge in [-0.1, -0.05) is 6.07 Å². The molecule has 0 bridgehead atoms. The Morgan fingerprint density at radius 3 is 3.12 bits per heavy atom. The molecular weight excluding hydrogens is 198 g/mol. The van der Waals surface area contributed by atoms with Crippen molar-refractivity contribution in [3.8, 4) is 5.69 Å².